The summed E-state index contributed by atoms with van der Waals surface area (Å²) in [6.07, 6.45) is 4.63. The van der Waals surface area contributed by atoms with E-state index in [1.807, 2.05) is 0 Å². The van der Waals surface area contributed by atoms with E-state index in [-0.39, 0.29) is 0 Å². The van der Waals surface area contributed by atoms with Gasteiger partial charge in [0.2, 0.25) is 0 Å². The van der Waals surface area contributed by atoms with E-state index in [9.17, 15) is 0 Å². The van der Waals surface area contributed by atoms with Gasteiger partial charge in [-0.2, -0.15) is 5.10 Å². The van der Waals surface area contributed by atoms with E-state index in [1.54, 1.807) is 0 Å². The van der Waals surface area contributed by atoms with Gasteiger partial charge in [0, 0.05) is 11.3 Å². The fourth-order valence-electron chi connectivity index (χ4n) is 3.00. The average molecular weight is 255 g/mol. The molecule has 0 unspecified atom stereocenters. The number of hydrogen-bond acceptors (Lipinski definition) is 2. The molecule has 3 nitrogen and oxygen atoms in total. The molecule has 2 N–H and O–H groups in total. The predicted octanol–water partition coefficient (Wildman–Crippen LogP) is 3.46. The van der Waals surface area contributed by atoms with Crippen molar-refractivity contribution in [2.75, 3.05) is 5.73 Å². The van der Waals surface area contributed by atoms with Crippen LogP contribution in [0.15, 0.2) is 24.3 Å². The Labute approximate surface area is 114 Å². The molecule has 0 spiro atoms. The van der Waals surface area contributed by atoms with Crippen molar-refractivity contribution in [1.29, 1.82) is 0 Å². The minimum absolute atomic E-state index is 0.487. The van der Waals surface area contributed by atoms with Crippen LogP contribution in [0, 0.1) is 0 Å². The van der Waals surface area contributed by atoms with Crippen molar-refractivity contribution in [1.82, 2.24) is 9.78 Å². The Balaban J connectivity index is 2.18. The van der Waals surface area contributed by atoms with Crippen LogP contribution < -0.4 is 5.73 Å². The second kappa shape index (κ2) is 4.72. The molecule has 1 heterocycles. The second-order valence-corrected chi connectivity index (χ2v) is 5.64. The van der Waals surface area contributed by atoms with E-state index in [2.05, 4.69) is 47.9 Å². The lowest BCUT2D eigenvalue weighted by Crippen LogP contribution is -2.10. The summed E-state index contributed by atoms with van der Waals surface area (Å²) in [7, 11) is 0. The van der Waals surface area contributed by atoms with Gasteiger partial charge in [-0.25, -0.2) is 4.68 Å². The van der Waals surface area contributed by atoms with E-state index in [0.717, 1.165) is 12.8 Å². The van der Waals surface area contributed by atoms with Crippen molar-refractivity contribution < 1.29 is 0 Å². The molecule has 0 saturated carbocycles. The molecule has 3 rings (SSSR count). The highest BCUT2D eigenvalue weighted by Crippen LogP contribution is 2.30. The van der Waals surface area contributed by atoms with Gasteiger partial charge in [-0.15, -0.1) is 0 Å². The van der Waals surface area contributed by atoms with Crippen LogP contribution in [-0.2, 0) is 12.8 Å². The minimum Gasteiger partial charge on any atom is -0.382 e. The lowest BCUT2D eigenvalue weighted by atomic mass is 9.96. The Morgan fingerprint density at radius 1 is 1.16 bits per heavy atom. The molecule has 1 aliphatic carbocycles. The smallest absolute Gasteiger partial charge is 0.149 e. The van der Waals surface area contributed by atoms with Crippen molar-refractivity contribution in [3.05, 3.63) is 41.1 Å². The van der Waals surface area contributed by atoms with E-state index < -0.39 is 0 Å². The first-order valence-electron chi connectivity index (χ1n) is 7.14. The van der Waals surface area contributed by atoms with Gasteiger partial charge in [-0.3, -0.25) is 0 Å². The summed E-state index contributed by atoms with van der Waals surface area (Å²) in [5.74, 6) is 1.20. The average Bonchev–Trinajstić information content (AvgIpc) is 2.77. The highest BCUT2D eigenvalue weighted by atomic mass is 15.3. The third-order valence-corrected chi connectivity index (χ3v) is 4.00. The molecule has 0 aliphatic heterocycles. The molecule has 1 aliphatic rings. The van der Waals surface area contributed by atoms with Crippen molar-refractivity contribution >= 4 is 5.82 Å². The Morgan fingerprint density at radius 2 is 1.89 bits per heavy atom. The predicted molar refractivity (Wildman–Crippen MR) is 78.7 cm³/mol. The van der Waals surface area contributed by atoms with Crippen LogP contribution in [-0.4, -0.2) is 9.78 Å². The number of nitrogen functional groups attached to an aromatic ring is 1. The van der Waals surface area contributed by atoms with E-state index in [4.69, 9.17) is 5.73 Å². The Bertz CT molecular complexity index is 596. The molecule has 1 aromatic heterocycles. The molecule has 0 bridgehead atoms. The molecule has 1 aromatic carbocycles. The highest BCUT2D eigenvalue weighted by molar-refractivity contribution is 5.51. The van der Waals surface area contributed by atoms with Crippen LogP contribution in [0.3, 0.4) is 0 Å². The highest BCUT2D eigenvalue weighted by Gasteiger charge is 2.21. The zero-order chi connectivity index (χ0) is 13.4. The van der Waals surface area contributed by atoms with Gasteiger partial charge in [0.1, 0.15) is 5.82 Å². The Morgan fingerprint density at radius 3 is 2.68 bits per heavy atom. The van der Waals surface area contributed by atoms with Crippen LogP contribution in [0.5, 0.6) is 0 Å². The summed E-state index contributed by atoms with van der Waals surface area (Å²) in [4.78, 5) is 0. The molecule has 0 amide bonds. The molecule has 19 heavy (non-hydrogen) atoms. The molecular formula is C16H21N3. The summed E-state index contributed by atoms with van der Waals surface area (Å²) in [5, 5.41) is 4.60. The maximum Gasteiger partial charge on any atom is 0.149 e. The number of rotatable bonds is 2. The number of nitrogens with two attached hydrogens (primary N) is 1. The summed E-state index contributed by atoms with van der Waals surface area (Å²) < 4.78 is 2.08. The number of para-hydroxylation sites is 1. The molecule has 2 aromatic rings. The third kappa shape index (κ3) is 2.03. The van der Waals surface area contributed by atoms with Crippen molar-refractivity contribution in [3.63, 3.8) is 0 Å². The van der Waals surface area contributed by atoms with Gasteiger partial charge >= 0.3 is 0 Å². The van der Waals surface area contributed by atoms with Crippen molar-refractivity contribution in [3.8, 4) is 5.69 Å². The lowest BCUT2D eigenvalue weighted by molar-refractivity contribution is 0.650. The topological polar surface area (TPSA) is 43.8 Å². The summed E-state index contributed by atoms with van der Waals surface area (Å²) >= 11 is 0. The van der Waals surface area contributed by atoms with E-state index >= 15 is 0 Å². The third-order valence-electron chi connectivity index (χ3n) is 4.00. The fraction of sp³-hybridized carbons (Fsp3) is 0.438. The normalized spacial score (nSPS) is 14.7. The first-order chi connectivity index (χ1) is 9.18. The van der Waals surface area contributed by atoms with E-state index in [0.29, 0.717) is 11.7 Å². The van der Waals surface area contributed by atoms with Crippen LogP contribution in [0.1, 0.15) is 49.4 Å². The second-order valence-electron chi connectivity index (χ2n) is 5.64. The van der Waals surface area contributed by atoms with Crippen LogP contribution >= 0.6 is 0 Å². The number of anilines is 1. The molecule has 100 valence electrons. The zero-order valence-electron chi connectivity index (χ0n) is 11.7. The zero-order valence-corrected chi connectivity index (χ0v) is 11.7. The van der Waals surface area contributed by atoms with E-state index in [1.165, 1.54) is 35.3 Å². The summed E-state index contributed by atoms with van der Waals surface area (Å²) in [5.41, 5.74) is 11.2. The molecule has 0 saturated heterocycles. The van der Waals surface area contributed by atoms with Gasteiger partial charge in [-0.1, -0.05) is 32.0 Å². The number of fused-ring (bicyclic) bond motifs is 1. The first-order valence-corrected chi connectivity index (χ1v) is 7.14. The van der Waals surface area contributed by atoms with Crippen molar-refractivity contribution in [2.24, 2.45) is 0 Å². The maximum atomic E-state index is 6.09. The quantitative estimate of drug-likeness (QED) is 0.893. The molecule has 0 radical (unpaired) electrons. The number of nitrogens with zero attached hydrogens (tertiary/aromatic N) is 2. The van der Waals surface area contributed by atoms with Crippen LogP contribution in [0.4, 0.5) is 5.82 Å². The summed E-state index contributed by atoms with van der Waals surface area (Å²) in [6, 6.07) is 8.51. The van der Waals surface area contributed by atoms with Gasteiger partial charge in [0.05, 0.1) is 5.69 Å². The number of aromatic nitrogens is 2. The molecule has 0 fully saturated rings. The molecule has 0 atom stereocenters. The van der Waals surface area contributed by atoms with Crippen LogP contribution in [0.2, 0.25) is 0 Å². The Hall–Kier alpha value is -1.77. The van der Waals surface area contributed by atoms with Crippen molar-refractivity contribution in [2.45, 2.75) is 45.4 Å². The maximum absolute atomic E-state index is 6.09. The van der Waals surface area contributed by atoms with Gasteiger partial charge in [0.25, 0.3) is 0 Å². The summed E-state index contributed by atoms with van der Waals surface area (Å²) in [6.45, 7) is 4.44. The SMILES string of the molecule is CC(C)c1ccccc1-n1nc(N)c2c1CCCC2. The standard InChI is InChI=1S/C16H21N3/c1-11(2)12-7-3-5-9-14(12)19-15-10-6-4-8-13(15)16(17)18-19/h3,5,7,9,11H,4,6,8,10H2,1-2H3,(H2,17,18). The number of hydrogen-bond donors (Lipinski definition) is 1. The molecular weight excluding hydrogens is 234 g/mol. The Kier molecular flexibility index (Phi) is 3.05. The van der Waals surface area contributed by atoms with Crippen LogP contribution in [0.25, 0.3) is 5.69 Å². The number of benzene rings is 1. The largest absolute Gasteiger partial charge is 0.382 e. The molecule has 3 heteroatoms. The first kappa shape index (κ1) is 12.3. The minimum atomic E-state index is 0.487. The fourth-order valence-corrected chi connectivity index (χ4v) is 3.00. The van der Waals surface area contributed by atoms with Gasteiger partial charge in [-0.05, 0) is 43.2 Å². The monoisotopic (exact) mass is 255 g/mol. The van der Waals surface area contributed by atoms with Gasteiger partial charge in [0.15, 0.2) is 0 Å². The van der Waals surface area contributed by atoms with Gasteiger partial charge < -0.3 is 5.73 Å². The lowest BCUT2D eigenvalue weighted by Gasteiger charge is -2.17.